The van der Waals surface area contributed by atoms with E-state index in [0.717, 1.165) is 35.1 Å². The Morgan fingerprint density at radius 3 is 2.02 bits per heavy atom. The quantitative estimate of drug-likeness (QED) is 0.130. The number of aryl methyl sites for hydroxylation is 1. The topological polar surface area (TPSA) is 114 Å². The number of phenols is 1. The second-order valence-corrected chi connectivity index (χ2v) is 12.7. The molecule has 2 fully saturated rings. The van der Waals surface area contributed by atoms with Crippen LogP contribution in [0.5, 0.6) is 46.0 Å². The van der Waals surface area contributed by atoms with Gasteiger partial charge in [0.2, 0.25) is 5.75 Å². The standard InChI is InChI=1S/C40H46O10/c1-6-8-24-11-13-33(34(17-24)44-3)50-37-20-27(19-36(46-5)38(37)42)40-31-23-47-39(30(31)22-48-40)26-12-14-32(35(18-26)45-4)49-29-10-7-9-25(16-29)15-28(41)21-43-2/h7,9-14,16-20,28,30-31,39-42H,6,8,15,21-23H2,1-5H3. The molecule has 0 saturated carbocycles. The first kappa shape index (κ1) is 35.3. The average Bonchev–Trinajstić information content (AvgIpc) is 3.73. The average molecular weight is 687 g/mol. The maximum Gasteiger partial charge on any atom is 0.201 e. The molecule has 2 N–H and O–H groups in total. The van der Waals surface area contributed by atoms with Crippen molar-refractivity contribution >= 4 is 0 Å². The summed E-state index contributed by atoms with van der Waals surface area (Å²) < 4.78 is 47.3. The lowest BCUT2D eigenvalue weighted by molar-refractivity contribution is 0.0191. The van der Waals surface area contributed by atoms with Gasteiger partial charge in [-0.15, -0.1) is 0 Å². The molecule has 4 aromatic carbocycles. The molecule has 0 bridgehead atoms. The van der Waals surface area contributed by atoms with E-state index in [-0.39, 0.29) is 42.1 Å². The molecule has 10 heteroatoms. The van der Waals surface area contributed by atoms with E-state index in [9.17, 15) is 10.2 Å². The maximum absolute atomic E-state index is 11.0. The minimum absolute atomic E-state index is 0.0584. The molecule has 50 heavy (non-hydrogen) atoms. The number of rotatable bonds is 15. The van der Waals surface area contributed by atoms with Gasteiger partial charge >= 0.3 is 0 Å². The van der Waals surface area contributed by atoms with Crippen LogP contribution in [-0.2, 0) is 27.1 Å². The Morgan fingerprint density at radius 1 is 0.680 bits per heavy atom. The highest BCUT2D eigenvalue weighted by Gasteiger charge is 2.48. The van der Waals surface area contributed by atoms with Crippen molar-refractivity contribution in [3.8, 4) is 46.0 Å². The third-order valence-corrected chi connectivity index (χ3v) is 9.33. The van der Waals surface area contributed by atoms with Crippen molar-refractivity contribution in [2.45, 2.75) is 44.5 Å². The zero-order chi connectivity index (χ0) is 35.2. The van der Waals surface area contributed by atoms with E-state index in [4.69, 9.17) is 37.9 Å². The summed E-state index contributed by atoms with van der Waals surface area (Å²) in [5, 5.41) is 21.2. The third-order valence-electron chi connectivity index (χ3n) is 9.33. The van der Waals surface area contributed by atoms with Gasteiger partial charge in [-0.3, -0.25) is 0 Å². The molecular formula is C40H46O10. The second-order valence-electron chi connectivity index (χ2n) is 12.7. The lowest BCUT2D eigenvalue weighted by Crippen LogP contribution is -2.16. The summed E-state index contributed by atoms with van der Waals surface area (Å²) in [6, 6.07) is 22.9. The maximum atomic E-state index is 11.0. The minimum Gasteiger partial charge on any atom is -0.502 e. The summed E-state index contributed by atoms with van der Waals surface area (Å²) in [6.45, 7) is 3.38. The van der Waals surface area contributed by atoms with Crippen molar-refractivity contribution in [3.63, 3.8) is 0 Å². The Bertz CT molecular complexity index is 1760. The van der Waals surface area contributed by atoms with E-state index >= 15 is 0 Å². The molecule has 2 saturated heterocycles. The van der Waals surface area contributed by atoms with Crippen molar-refractivity contribution in [2.75, 3.05) is 48.3 Å². The Kier molecular flexibility index (Phi) is 11.3. The van der Waals surface area contributed by atoms with Gasteiger partial charge in [0, 0.05) is 25.4 Å². The van der Waals surface area contributed by atoms with Gasteiger partial charge in [0.1, 0.15) is 5.75 Å². The van der Waals surface area contributed by atoms with Gasteiger partial charge in [0.25, 0.3) is 0 Å². The van der Waals surface area contributed by atoms with E-state index in [1.54, 1.807) is 33.5 Å². The molecule has 5 atom stereocenters. The SMILES string of the molecule is CCCc1ccc(Oc2cc(C3OCC4C(c5ccc(Oc6cccc(CC(O)COC)c6)c(OC)c5)OCC34)cc(OC)c2O)c(OC)c1. The summed E-state index contributed by atoms with van der Waals surface area (Å²) in [6.07, 6.45) is 1.30. The van der Waals surface area contributed by atoms with Gasteiger partial charge in [-0.25, -0.2) is 0 Å². The van der Waals surface area contributed by atoms with E-state index in [2.05, 4.69) is 6.92 Å². The number of hydrogen-bond donors (Lipinski definition) is 2. The molecule has 2 aliphatic heterocycles. The Labute approximate surface area is 293 Å². The van der Waals surface area contributed by atoms with Gasteiger partial charge < -0.3 is 48.1 Å². The summed E-state index contributed by atoms with van der Waals surface area (Å²) in [5.74, 6) is 3.45. The van der Waals surface area contributed by atoms with Crippen LogP contribution in [0.2, 0.25) is 0 Å². The fraction of sp³-hybridized carbons (Fsp3) is 0.400. The number of benzene rings is 4. The molecule has 2 heterocycles. The fourth-order valence-corrected chi connectivity index (χ4v) is 6.93. The lowest BCUT2D eigenvalue weighted by atomic mass is 9.84. The van der Waals surface area contributed by atoms with E-state index in [0.29, 0.717) is 54.1 Å². The summed E-state index contributed by atoms with van der Waals surface area (Å²) in [5.41, 5.74) is 3.88. The molecule has 5 unspecified atom stereocenters. The van der Waals surface area contributed by atoms with Gasteiger partial charge in [-0.2, -0.15) is 0 Å². The van der Waals surface area contributed by atoms with Crippen LogP contribution in [-0.4, -0.2) is 64.6 Å². The van der Waals surface area contributed by atoms with E-state index < -0.39 is 6.10 Å². The molecule has 0 aliphatic carbocycles. The van der Waals surface area contributed by atoms with Gasteiger partial charge in [0.05, 0.1) is 59.5 Å². The zero-order valence-corrected chi connectivity index (χ0v) is 29.2. The first-order valence-corrected chi connectivity index (χ1v) is 17.0. The molecule has 0 amide bonds. The summed E-state index contributed by atoms with van der Waals surface area (Å²) >= 11 is 0. The first-order chi connectivity index (χ1) is 24.3. The smallest absolute Gasteiger partial charge is 0.201 e. The van der Waals surface area contributed by atoms with Crippen LogP contribution in [0.3, 0.4) is 0 Å². The van der Waals surface area contributed by atoms with Crippen LogP contribution in [0.4, 0.5) is 0 Å². The number of aliphatic hydroxyl groups is 1. The Morgan fingerprint density at radius 2 is 1.32 bits per heavy atom. The monoisotopic (exact) mass is 686 g/mol. The number of hydrogen-bond acceptors (Lipinski definition) is 10. The number of phenolic OH excluding ortho intramolecular Hbond substituents is 1. The molecule has 2 aliphatic rings. The van der Waals surface area contributed by atoms with Crippen LogP contribution in [0.15, 0.2) is 72.8 Å². The van der Waals surface area contributed by atoms with Crippen molar-refractivity contribution in [1.29, 1.82) is 0 Å². The molecule has 0 spiro atoms. The predicted octanol–water partition coefficient (Wildman–Crippen LogP) is 7.58. The largest absolute Gasteiger partial charge is 0.502 e. The van der Waals surface area contributed by atoms with Crippen LogP contribution in [0.1, 0.15) is 47.8 Å². The number of ether oxygens (including phenoxy) is 8. The van der Waals surface area contributed by atoms with Crippen molar-refractivity contribution in [1.82, 2.24) is 0 Å². The minimum atomic E-state index is -0.595. The van der Waals surface area contributed by atoms with Crippen LogP contribution >= 0.6 is 0 Å². The van der Waals surface area contributed by atoms with Crippen molar-refractivity contribution in [2.24, 2.45) is 11.8 Å². The first-order valence-electron chi connectivity index (χ1n) is 17.0. The van der Waals surface area contributed by atoms with Crippen molar-refractivity contribution in [3.05, 3.63) is 95.1 Å². The summed E-state index contributed by atoms with van der Waals surface area (Å²) in [4.78, 5) is 0. The molecule has 0 radical (unpaired) electrons. The molecule has 6 rings (SSSR count). The zero-order valence-electron chi connectivity index (χ0n) is 29.2. The van der Waals surface area contributed by atoms with Gasteiger partial charge in [0.15, 0.2) is 34.5 Å². The molecule has 10 nitrogen and oxygen atoms in total. The second kappa shape index (κ2) is 16.0. The van der Waals surface area contributed by atoms with Crippen LogP contribution in [0, 0.1) is 11.8 Å². The van der Waals surface area contributed by atoms with Crippen molar-refractivity contribution < 1.29 is 48.1 Å². The molecule has 0 aromatic heterocycles. The molecular weight excluding hydrogens is 640 g/mol. The van der Waals surface area contributed by atoms with E-state index in [1.165, 1.54) is 7.11 Å². The van der Waals surface area contributed by atoms with Crippen LogP contribution < -0.4 is 23.7 Å². The molecule has 266 valence electrons. The number of aromatic hydroxyl groups is 1. The normalized spacial score (nSPS) is 20.3. The highest BCUT2D eigenvalue weighted by atomic mass is 16.5. The fourth-order valence-electron chi connectivity index (χ4n) is 6.93. The third kappa shape index (κ3) is 7.63. The predicted molar refractivity (Wildman–Crippen MR) is 187 cm³/mol. The Hall–Kier alpha value is -4.48. The highest BCUT2D eigenvalue weighted by Crippen LogP contribution is 2.53. The lowest BCUT2D eigenvalue weighted by Gasteiger charge is -2.20. The molecule has 4 aromatic rings. The Balaban J connectivity index is 1.19. The summed E-state index contributed by atoms with van der Waals surface area (Å²) in [7, 11) is 6.30. The van der Waals surface area contributed by atoms with Gasteiger partial charge in [-0.05, 0) is 77.2 Å². The number of fused-ring (bicyclic) bond motifs is 1. The van der Waals surface area contributed by atoms with E-state index in [1.807, 2.05) is 60.7 Å². The van der Waals surface area contributed by atoms with Gasteiger partial charge in [-0.1, -0.05) is 37.6 Å². The highest BCUT2D eigenvalue weighted by molar-refractivity contribution is 5.56. The van der Waals surface area contributed by atoms with Crippen LogP contribution in [0.25, 0.3) is 0 Å². The number of aliphatic hydroxyl groups excluding tert-OH is 1. The number of methoxy groups -OCH3 is 4.